The Kier molecular flexibility index (Phi) is 5.84. The Morgan fingerprint density at radius 1 is 1.20 bits per heavy atom. The van der Waals surface area contributed by atoms with Crippen LogP contribution in [0.5, 0.6) is 11.5 Å². The van der Waals surface area contributed by atoms with Gasteiger partial charge >= 0.3 is 0 Å². The molecule has 0 bridgehead atoms. The lowest BCUT2D eigenvalue weighted by Gasteiger charge is -2.08. The van der Waals surface area contributed by atoms with Gasteiger partial charge in [-0.1, -0.05) is 0 Å². The molecule has 0 aliphatic heterocycles. The molecule has 0 saturated heterocycles. The van der Waals surface area contributed by atoms with Crippen molar-refractivity contribution in [1.29, 1.82) is 0 Å². The van der Waals surface area contributed by atoms with E-state index in [0.717, 1.165) is 0 Å². The van der Waals surface area contributed by atoms with E-state index in [9.17, 15) is 14.9 Å². The molecule has 0 amide bonds. The van der Waals surface area contributed by atoms with E-state index in [1.54, 1.807) is 31.2 Å². The van der Waals surface area contributed by atoms with Gasteiger partial charge in [-0.2, -0.15) is 0 Å². The highest BCUT2D eigenvalue weighted by Crippen LogP contribution is 2.26. The molecule has 0 aromatic heterocycles. The zero-order chi connectivity index (χ0) is 18.4. The average Bonchev–Trinajstić information content (AvgIpc) is 2.62. The molecule has 0 fully saturated rings. The highest BCUT2D eigenvalue weighted by Gasteiger charge is 2.12. The smallest absolute Gasteiger partial charge is 0.269 e. The standard InChI is InChI=1S/C18H18N2O5/c1-12-10-13(20(22)23)4-7-16(12)19-9-8-17(21)15-6-5-14(24-2)11-18(15)25-3/h4-7,9-11H,8H2,1-3H3. The maximum absolute atomic E-state index is 12.3. The molecule has 2 rings (SSSR count). The van der Waals surface area contributed by atoms with Crippen LogP contribution in [0.4, 0.5) is 11.4 Å². The number of hydrogen-bond acceptors (Lipinski definition) is 6. The number of rotatable bonds is 7. The molecule has 25 heavy (non-hydrogen) atoms. The fraction of sp³-hybridized carbons (Fsp3) is 0.222. The summed E-state index contributed by atoms with van der Waals surface area (Å²) in [5, 5.41) is 10.7. The summed E-state index contributed by atoms with van der Waals surface area (Å²) in [4.78, 5) is 26.8. The molecule has 0 saturated carbocycles. The number of ketones is 1. The first-order valence-corrected chi connectivity index (χ1v) is 7.49. The second kappa shape index (κ2) is 8.05. The molecule has 0 N–H and O–H groups in total. The normalized spacial score (nSPS) is 10.7. The van der Waals surface area contributed by atoms with Gasteiger partial charge in [0.15, 0.2) is 5.78 Å². The molecule has 0 radical (unpaired) electrons. The van der Waals surface area contributed by atoms with Gasteiger partial charge in [-0.3, -0.25) is 19.9 Å². The molecule has 0 atom stereocenters. The summed E-state index contributed by atoms with van der Waals surface area (Å²) >= 11 is 0. The van der Waals surface area contributed by atoms with Crippen LogP contribution in [0.25, 0.3) is 0 Å². The van der Waals surface area contributed by atoms with Gasteiger partial charge in [0.05, 0.1) is 30.4 Å². The summed E-state index contributed by atoms with van der Waals surface area (Å²) in [5.41, 5.74) is 1.70. The molecule has 7 nitrogen and oxygen atoms in total. The lowest BCUT2D eigenvalue weighted by molar-refractivity contribution is -0.384. The van der Waals surface area contributed by atoms with Crippen LogP contribution in [-0.2, 0) is 0 Å². The van der Waals surface area contributed by atoms with E-state index in [1.165, 1.54) is 32.6 Å². The molecule has 0 unspecified atom stereocenters. The van der Waals surface area contributed by atoms with Crippen molar-refractivity contribution in [3.05, 3.63) is 57.6 Å². The van der Waals surface area contributed by atoms with Gasteiger partial charge in [0.1, 0.15) is 11.5 Å². The molecule has 0 spiro atoms. The number of non-ortho nitro benzene ring substituents is 1. The van der Waals surface area contributed by atoms with Crippen LogP contribution in [0.15, 0.2) is 41.4 Å². The SMILES string of the molecule is COc1ccc(C(=O)CC=Nc2ccc([N+](=O)[O-])cc2C)c(OC)c1. The van der Waals surface area contributed by atoms with E-state index in [0.29, 0.717) is 28.3 Å². The topological polar surface area (TPSA) is 91.0 Å². The van der Waals surface area contributed by atoms with Gasteiger partial charge in [-0.25, -0.2) is 0 Å². The monoisotopic (exact) mass is 342 g/mol. The lowest BCUT2D eigenvalue weighted by Crippen LogP contribution is -2.03. The van der Waals surface area contributed by atoms with E-state index in [-0.39, 0.29) is 17.9 Å². The molecule has 0 aliphatic rings. The molecule has 130 valence electrons. The van der Waals surface area contributed by atoms with Crippen LogP contribution < -0.4 is 9.47 Å². The Balaban J connectivity index is 2.12. The molecule has 2 aromatic rings. The minimum Gasteiger partial charge on any atom is -0.497 e. The summed E-state index contributed by atoms with van der Waals surface area (Å²) in [6.07, 6.45) is 1.57. The van der Waals surface area contributed by atoms with Crippen LogP contribution in [0.2, 0.25) is 0 Å². The second-order valence-electron chi connectivity index (χ2n) is 5.23. The number of nitro groups is 1. The summed E-state index contributed by atoms with van der Waals surface area (Å²) in [6.45, 7) is 1.73. The summed E-state index contributed by atoms with van der Waals surface area (Å²) < 4.78 is 10.3. The number of ether oxygens (including phenoxy) is 2. The Bertz CT molecular complexity index is 830. The van der Waals surface area contributed by atoms with Gasteiger partial charge in [0.2, 0.25) is 0 Å². The number of hydrogen-bond donors (Lipinski definition) is 0. The molecular formula is C18H18N2O5. The number of aryl methyl sites for hydroxylation is 1. The number of Topliss-reactive ketones (excluding diaryl/α,β-unsaturated/α-hetero) is 1. The number of nitrogens with zero attached hydrogens (tertiary/aromatic N) is 2. The fourth-order valence-electron chi connectivity index (χ4n) is 2.26. The van der Waals surface area contributed by atoms with E-state index >= 15 is 0 Å². The van der Waals surface area contributed by atoms with Crippen molar-refractivity contribution in [3.63, 3.8) is 0 Å². The second-order valence-corrected chi connectivity index (χ2v) is 5.23. The minimum absolute atomic E-state index is 0.00972. The number of carbonyl (C=O) groups is 1. The van der Waals surface area contributed by atoms with Gasteiger partial charge in [0, 0.05) is 30.8 Å². The van der Waals surface area contributed by atoms with Crippen molar-refractivity contribution < 1.29 is 19.2 Å². The average molecular weight is 342 g/mol. The quantitative estimate of drug-likeness (QED) is 0.329. The van der Waals surface area contributed by atoms with Crippen molar-refractivity contribution in [2.45, 2.75) is 13.3 Å². The third-order valence-corrected chi connectivity index (χ3v) is 3.61. The third-order valence-electron chi connectivity index (χ3n) is 3.61. The first kappa shape index (κ1) is 18.1. The maximum atomic E-state index is 12.3. The number of benzene rings is 2. The molecular weight excluding hydrogens is 324 g/mol. The van der Waals surface area contributed by atoms with E-state index in [1.807, 2.05) is 0 Å². The molecule has 0 heterocycles. The van der Waals surface area contributed by atoms with Crippen molar-refractivity contribution in [1.82, 2.24) is 0 Å². The number of aliphatic imine (C=N–C) groups is 1. The van der Waals surface area contributed by atoms with Gasteiger partial charge < -0.3 is 9.47 Å². The first-order valence-electron chi connectivity index (χ1n) is 7.49. The summed E-state index contributed by atoms with van der Waals surface area (Å²) in [5.74, 6) is 0.885. The first-order chi connectivity index (χ1) is 12.0. The molecule has 0 aliphatic carbocycles. The zero-order valence-electron chi connectivity index (χ0n) is 14.2. The zero-order valence-corrected chi connectivity index (χ0v) is 14.2. The predicted molar refractivity (Wildman–Crippen MR) is 94.5 cm³/mol. The number of methoxy groups -OCH3 is 2. The highest BCUT2D eigenvalue weighted by molar-refractivity contribution is 6.05. The lowest BCUT2D eigenvalue weighted by atomic mass is 10.1. The van der Waals surface area contributed by atoms with Crippen molar-refractivity contribution >= 4 is 23.4 Å². The van der Waals surface area contributed by atoms with E-state index in [2.05, 4.69) is 4.99 Å². The van der Waals surface area contributed by atoms with Crippen molar-refractivity contribution in [3.8, 4) is 11.5 Å². The molecule has 7 heteroatoms. The van der Waals surface area contributed by atoms with E-state index < -0.39 is 4.92 Å². The van der Waals surface area contributed by atoms with Gasteiger partial charge in [0.25, 0.3) is 5.69 Å². The van der Waals surface area contributed by atoms with Crippen LogP contribution in [0, 0.1) is 17.0 Å². The number of nitro benzene ring substituents is 1. The third kappa shape index (κ3) is 4.41. The van der Waals surface area contributed by atoms with Crippen molar-refractivity contribution in [2.24, 2.45) is 4.99 Å². The summed E-state index contributed by atoms with van der Waals surface area (Å²) in [6, 6.07) is 9.36. The van der Waals surface area contributed by atoms with Crippen LogP contribution in [0.3, 0.4) is 0 Å². The minimum atomic E-state index is -0.458. The Morgan fingerprint density at radius 2 is 1.96 bits per heavy atom. The van der Waals surface area contributed by atoms with Gasteiger partial charge in [-0.05, 0) is 30.7 Å². The fourth-order valence-corrected chi connectivity index (χ4v) is 2.26. The van der Waals surface area contributed by atoms with E-state index in [4.69, 9.17) is 9.47 Å². The maximum Gasteiger partial charge on any atom is 0.269 e. The number of carbonyl (C=O) groups excluding carboxylic acids is 1. The largest absolute Gasteiger partial charge is 0.497 e. The highest BCUT2D eigenvalue weighted by atomic mass is 16.6. The molecule has 2 aromatic carbocycles. The summed E-state index contributed by atoms with van der Waals surface area (Å²) in [7, 11) is 3.02. The Morgan fingerprint density at radius 3 is 2.56 bits per heavy atom. The van der Waals surface area contributed by atoms with Gasteiger partial charge in [-0.15, -0.1) is 0 Å². The Hall–Kier alpha value is -3.22. The van der Waals surface area contributed by atoms with Crippen LogP contribution in [-0.4, -0.2) is 31.1 Å². The van der Waals surface area contributed by atoms with Crippen LogP contribution >= 0.6 is 0 Å². The van der Waals surface area contributed by atoms with Crippen molar-refractivity contribution in [2.75, 3.05) is 14.2 Å². The van der Waals surface area contributed by atoms with Crippen LogP contribution in [0.1, 0.15) is 22.3 Å². The Labute approximate surface area is 145 Å². The predicted octanol–water partition coefficient (Wildman–Crippen LogP) is 3.90.